The Morgan fingerprint density at radius 1 is 0.926 bits per heavy atom. The third-order valence-corrected chi connectivity index (χ3v) is 4.94. The van der Waals surface area contributed by atoms with Gasteiger partial charge in [-0.15, -0.1) is 10.2 Å². The number of hydrogen-bond donors (Lipinski definition) is 2. The molecule has 0 bridgehead atoms. The van der Waals surface area contributed by atoms with Crippen LogP contribution in [0.25, 0.3) is 0 Å². The molecule has 2 N–H and O–H groups in total. The third kappa shape index (κ3) is 5.03. The second kappa shape index (κ2) is 8.47. The minimum Gasteiger partial charge on any atom is -0.322 e. The number of carbonyl (C=O) groups excluding carboxylic acids is 2. The Morgan fingerprint density at radius 2 is 1.56 bits per heavy atom. The molecule has 0 aliphatic rings. The number of aromatic nitrogens is 2. The lowest BCUT2D eigenvalue weighted by Gasteiger charge is -2.07. The Balaban J connectivity index is 1.65. The van der Waals surface area contributed by atoms with Gasteiger partial charge in [0.1, 0.15) is 5.01 Å². The molecule has 1 heterocycles. The van der Waals surface area contributed by atoms with Gasteiger partial charge in [-0.1, -0.05) is 41.5 Å². The summed E-state index contributed by atoms with van der Waals surface area (Å²) in [5, 5.41) is 15.4. The zero-order valence-corrected chi connectivity index (χ0v) is 16.5. The van der Waals surface area contributed by atoms with Crippen LogP contribution in [0.2, 0.25) is 10.0 Å². The Bertz CT molecular complexity index is 969. The molecule has 2 amide bonds. The quantitative estimate of drug-likeness (QED) is 0.613. The Labute approximate surface area is 169 Å². The summed E-state index contributed by atoms with van der Waals surface area (Å²) >= 11 is 13.2. The van der Waals surface area contributed by atoms with Gasteiger partial charge in [-0.05, 0) is 48.9 Å². The number of hydrogen-bond acceptors (Lipinski definition) is 5. The molecule has 6 nitrogen and oxygen atoms in total. The molecule has 27 heavy (non-hydrogen) atoms. The van der Waals surface area contributed by atoms with Crippen molar-refractivity contribution in [2.24, 2.45) is 0 Å². The van der Waals surface area contributed by atoms with Crippen molar-refractivity contribution in [2.45, 2.75) is 13.3 Å². The van der Waals surface area contributed by atoms with Crippen molar-refractivity contribution in [1.82, 2.24) is 10.2 Å². The molecule has 138 valence electrons. The average molecular weight is 421 g/mol. The van der Waals surface area contributed by atoms with E-state index in [0.717, 1.165) is 11.4 Å². The van der Waals surface area contributed by atoms with Crippen LogP contribution >= 0.6 is 34.5 Å². The van der Waals surface area contributed by atoms with E-state index in [0.29, 0.717) is 32.0 Å². The SMILES string of the molecule is CCc1nnc(NC(=O)c2ccc(NC(=O)c3cc(Cl)cc(Cl)c3)cc2)s1. The van der Waals surface area contributed by atoms with Crippen LogP contribution < -0.4 is 10.6 Å². The van der Waals surface area contributed by atoms with E-state index in [1.54, 1.807) is 30.3 Å². The summed E-state index contributed by atoms with van der Waals surface area (Å²) in [6.45, 7) is 1.97. The van der Waals surface area contributed by atoms with Crippen LogP contribution in [0.3, 0.4) is 0 Å². The maximum atomic E-state index is 12.3. The minimum absolute atomic E-state index is 0.298. The maximum Gasteiger partial charge on any atom is 0.257 e. The standard InChI is InChI=1S/C18H14Cl2N4O2S/c1-2-15-23-24-18(27-15)22-16(25)10-3-5-14(6-4-10)21-17(26)11-7-12(19)9-13(20)8-11/h3-9H,2H2,1H3,(H,21,26)(H,22,24,25). The first-order chi connectivity index (χ1) is 12.9. The van der Waals surface area contributed by atoms with Crippen molar-refractivity contribution in [1.29, 1.82) is 0 Å². The highest BCUT2D eigenvalue weighted by Crippen LogP contribution is 2.21. The second-order valence-electron chi connectivity index (χ2n) is 5.50. The highest BCUT2D eigenvalue weighted by Gasteiger charge is 2.11. The van der Waals surface area contributed by atoms with E-state index in [2.05, 4.69) is 20.8 Å². The maximum absolute atomic E-state index is 12.3. The monoisotopic (exact) mass is 420 g/mol. The van der Waals surface area contributed by atoms with E-state index in [1.165, 1.54) is 23.5 Å². The lowest BCUT2D eigenvalue weighted by Crippen LogP contribution is -2.13. The van der Waals surface area contributed by atoms with Gasteiger partial charge in [0, 0.05) is 26.9 Å². The van der Waals surface area contributed by atoms with Crippen molar-refractivity contribution in [3.63, 3.8) is 0 Å². The summed E-state index contributed by atoms with van der Waals surface area (Å²) in [4.78, 5) is 24.5. The molecule has 0 saturated carbocycles. The predicted molar refractivity (Wildman–Crippen MR) is 108 cm³/mol. The van der Waals surface area contributed by atoms with Crippen molar-refractivity contribution < 1.29 is 9.59 Å². The number of rotatable bonds is 5. The number of carbonyl (C=O) groups is 2. The normalized spacial score (nSPS) is 10.5. The number of halogens is 2. The number of benzene rings is 2. The van der Waals surface area contributed by atoms with E-state index in [9.17, 15) is 9.59 Å². The van der Waals surface area contributed by atoms with E-state index in [-0.39, 0.29) is 11.8 Å². The lowest BCUT2D eigenvalue weighted by atomic mass is 10.1. The smallest absolute Gasteiger partial charge is 0.257 e. The first-order valence-corrected chi connectivity index (χ1v) is 9.53. The molecule has 9 heteroatoms. The van der Waals surface area contributed by atoms with Gasteiger partial charge in [-0.3, -0.25) is 14.9 Å². The summed E-state index contributed by atoms with van der Waals surface area (Å²) in [5.41, 5.74) is 1.32. The average Bonchev–Trinajstić information content (AvgIpc) is 3.09. The second-order valence-corrected chi connectivity index (χ2v) is 7.43. The lowest BCUT2D eigenvalue weighted by molar-refractivity contribution is 0.102. The first kappa shape index (κ1) is 19.3. The van der Waals surface area contributed by atoms with E-state index >= 15 is 0 Å². The van der Waals surface area contributed by atoms with Crippen molar-refractivity contribution in [2.75, 3.05) is 10.6 Å². The fraction of sp³-hybridized carbons (Fsp3) is 0.111. The van der Waals surface area contributed by atoms with Gasteiger partial charge in [0.05, 0.1) is 0 Å². The summed E-state index contributed by atoms with van der Waals surface area (Å²) in [7, 11) is 0. The summed E-state index contributed by atoms with van der Waals surface area (Å²) in [5.74, 6) is -0.647. The number of aryl methyl sites for hydroxylation is 1. The van der Waals surface area contributed by atoms with Gasteiger partial charge in [0.15, 0.2) is 0 Å². The molecule has 0 radical (unpaired) electrons. The molecule has 0 atom stereocenters. The molecule has 2 aromatic carbocycles. The van der Waals surface area contributed by atoms with E-state index in [4.69, 9.17) is 23.2 Å². The van der Waals surface area contributed by atoms with Crippen molar-refractivity contribution in [3.05, 3.63) is 68.6 Å². The van der Waals surface area contributed by atoms with E-state index in [1.807, 2.05) is 6.92 Å². The van der Waals surface area contributed by atoms with Crippen LogP contribution in [0.15, 0.2) is 42.5 Å². The first-order valence-electron chi connectivity index (χ1n) is 7.96. The molecule has 0 unspecified atom stereocenters. The summed E-state index contributed by atoms with van der Waals surface area (Å²) in [6, 6.07) is 11.1. The molecule has 0 aliphatic heterocycles. The highest BCUT2D eigenvalue weighted by atomic mass is 35.5. The van der Waals surface area contributed by atoms with Crippen LogP contribution in [0, 0.1) is 0 Å². The molecular weight excluding hydrogens is 407 g/mol. The number of nitrogens with zero attached hydrogens (tertiary/aromatic N) is 2. The number of amides is 2. The van der Waals surface area contributed by atoms with Gasteiger partial charge >= 0.3 is 0 Å². The minimum atomic E-state index is -0.349. The number of nitrogens with one attached hydrogen (secondary N) is 2. The zero-order valence-electron chi connectivity index (χ0n) is 14.1. The fourth-order valence-corrected chi connectivity index (χ4v) is 3.41. The highest BCUT2D eigenvalue weighted by molar-refractivity contribution is 7.15. The summed E-state index contributed by atoms with van der Waals surface area (Å²) in [6.07, 6.45) is 0.764. The molecule has 0 spiro atoms. The van der Waals surface area contributed by atoms with Crippen molar-refractivity contribution >= 4 is 57.2 Å². The molecular formula is C18H14Cl2N4O2S. The van der Waals surface area contributed by atoms with E-state index < -0.39 is 0 Å². The van der Waals surface area contributed by atoms with Gasteiger partial charge in [-0.25, -0.2) is 0 Å². The van der Waals surface area contributed by atoms with Crippen LogP contribution in [-0.4, -0.2) is 22.0 Å². The number of anilines is 2. The largest absolute Gasteiger partial charge is 0.322 e. The molecule has 3 rings (SSSR count). The van der Waals surface area contributed by atoms with Gasteiger partial charge in [-0.2, -0.15) is 0 Å². The molecule has 0 fully saturated rings. The van der Waals surface area contributed by atoms with Crippen LogP contribution in [0.5, 0.6) is 0 Å². The van der Waals surface area contributed by atoms with Crippen molar-refractivity contribution in [3.8, 4) is 0 Å². The Kier molecular flexibility index (Phi) is 6.05. The van der Waals surface area contributed by atoms with Gasteiger partial charge in [0.25, 0.3) is 11.8 Å². The molecule has 0 aliphatic carbocycles. The topological polar surface area (TPSA) is 84.0 Å². The van der Waals surface area contributed by atoms with Crippen LogP contribution in [0.1, 0.15) is 32.6 Å². The van der Waals surface area contributed by atoms with Gasteiger partial charge < -0.3 is 5.32 Å². The molecule has 0 saturated heterocycles. The summed E-state index contributed by atoms with van der Waals surface area (Å²) < 4.78 is 0. The van der Waals surface area contributed by atoms with Crippen LogP contribution in [0.4, 0.5) is 10.8 Å². The molecule has 1 aromatic heterocycles. The third-order valence-electron chi connectivity index (χ3n) is 3.52. The molecule has 3 aromatic rings. The van der Waals surface area contributed by atoms with Gasteiger partial charge in [0.2, 0.25) is 5.13 Å². The fourth-order valence-electron chi connectivity index (χ4n) is 2.21. The Hall–Kier alpha value is -2.48. The van der Waals surface area contributed by atoms with Crippen LogP contribution in [-0.2, 0) is 6.42 Å². The Morgan fingerprint density at radius 3 is 2.15 bits per heavy atom. The predicted octanol–water partition coefficient (Wildman–Crippen LogP) is 4.91. The zero-order chi connectivity index (χ0) is 19.4.